The van der Waals surface area contributed by atoms with Gasteiger partial charge in [0, 0.05) is 37.9 Å². The van der Waals surface area contributed by atoms with Crippen molar-refractivity contribution < 1.29 is 14.2 Å². The Morgan fingerprint density at radius 1 is 1.50 bits per heavy atom. The molecule has 0 bridgehead atoms. The number of hydrogen-bond donors (Lipinski definition) is 1. The predicted octanol–water partition coefficient (Wildman–Crippen LogP) is 0.647. The highest BCUT2D eigenvalue weighted by atomic mass is 16.5. The fraction of sp³-hybridized carbons (Fsp3) is 0.643. The first-order valence-electron chi connectivity index (χ1n) is 6.81. The lowest BCUT2D eigenvalue weighted by Crippen LogP contribution is -2.49. The van der Waals surface area contributed by atoms with Gasteiger partial charge in [0.15, 0.2) is 11.5 Å². The van der Waals surface area contributed by atoms with E-state index < -0.39 is 0 Å². The van der Waals surface area contributed by atoms with Gasteiger partial charge in [0.25, 0.3) is 0 Å². The molecule has 2 atom stereocenters. The molecule has 1 aliphatic heterocycles. The summed E-state index contributed by atoms with van der Waals surface area (Å²) >= 11 is 0. The zero-order chi connectivity index (χ0) is 14.5. The number of hydrogen-bond acceptors (Lipinski definition) is 6. The first-order valence-corrected chi connectivity index (χ1v) is 6.81. The standard InChI is InChI=1S/C14H23N3O3/c1-10(15)13-9-17(6-7-20-13)8-11-14(19-3)12(18-2)4-5-16-11/h4-5,10,13H,6-9,15H2,1-3H3. The van der Waals surface area contributed by atoms with Crippen molar-refractivity contribution in [3.05, 3.63) is 18.0 Å². The zero-order valence-corrected chi connectivity index (χ0v) is 12.3. The van der Waals surface area contributed by atoms with Gasteiger partial charge >= 0.3 is 0 Å². The van der Waals surface area contributed by atoms with Gasteiger partial charge in [0.1, 0.15) is 5.69 Å². The fourth-order valence-electron chi connectivity index (χ4n) is 2.37. The Morgan fingerprint density at radius 2 is 2.30 bits per heavy atom. The van der Waals surface area contributed by atoms with Crippen LogP contribution in [-0.4, -0.2) is 55.9 Å². The number of ether oxygens (including phenoxy) is 3. The third kappa shape index (κ3) is 3.39. The van der Waals surface area contributed by atoms with Crippen LogP contribution in [0.3, 0.4) is 0 Å². The molecule has 112 valence electrons. The van der Waals surface area contributed by atoms with Crippen molar-refractivity contribution in [2.45, 2.75) is 25.6 Å². The molecule has 2 heterocycles. The third-order valence-corrected chi connectivity index (χ3v) is 3.50. The van der Waals surface area contributed by atoms with E-state index in [0.29, 0.717) is 24.7 Å². The first-order chi connectivity index (χ1) is 9.65. The van der Waals surface area contributed by atoms with Crippen LogP contribution in [0.4, 0.5) is 0 Å². The van der Waals surface area contributed by atoms with Gasteiger partial charge in [0.2, 0.25) is 0 Å². The highest BCUT2D eigenvalue weighted by molar-refractivity contribution is 5.42. The Labute approximate surface area is 119 Å². The fourth-order valence-corrected chi connectivity index (χ4v) is 2.37. The van der Waals surface area contributed by atoms with Crippen LogP contribution >= 0.6 is 0 Å². The summed E-state index contributed by atoms with van der Waals surface area (Å²) in [4.78, 5) is 6.68. The van der Waals surface area contributed by atoms with E-state index in [4.69, 9.17) is 19.9 Å². The van der Waals surface area contributed by atoms with Crippen LogP contribution in [0, 0.1) is 0 Å². The lowest BCUT2D eigenvalue weighted by atomic mass is 10.1. The van der Waals surface area contributed by atoms with Crippen molar-refractivity contribution in [2.24, 2.45) is 5.73 Å². The molecule has 1 aromatic heterocycles. The molecule has 0 saturated carbocycles. The Balaban J connectivity index is 2.09. The summed E-state index contributed by atoms with van der Waals surface area (Å²) in [5, 5.41) is 0. The highest BCUT2D eigenvalue weighted by Crippen LogP contribution is 2.30. The maximum atomic E-state index is 5.91. The van der Waals surface area contributed by atoms with Gasteiger partial charge in [-0.1, -0.05) is 0 Å². The molecule has 1 saturated heterocycles. The molecule has 0 aromatic carbocycles. The largest absolute Gasteiger partial charge is 0.493 e. The summed E-state index contributed by atoms with van der Waals surface area (Å²) in [5.41, 5.74) is 6.78. The minimum atomic E-state index is 0.0259. The second-order valence-electron chi connectivity index (χ2n) is 5.00. The predicted molar refractivity (Wildman–Crippen MR) is 76.0 cm³/mol. The van der Waals surface area contributed by atoms with Gasteiger partial charge in [-0.2, -0.15) is 0 Å². The van der Waals surface area contributed by atoms with Gasteiger partial charge in [0.05, 0.1) is 26.9 Å². The van der Waals surface area contributed by atoms with E-state index in [9.17, 15) is 0 Å². The topological polar surface area (TPSA) is 69.8 Å². The van der Waals surface area contributed by atoms with Crippen molar-refractivity contribution in [2.75, 3.05) is 33.9 Å². The highest BCUT2D eigenvalue weighted by Gasteiger charge is 2.24. The lowest BCUT2D eigenvalue weighted by Gasteiger charge is -2.34. The summed E-state index contributed by atoms with van der Waals surface area (Å²) in [6, 6.07) is 1.82. The van der Waals surface area contributed by atoms with E-state index >= 15 is 0 Å². The van der Waals surface area contributed by atoms with Crippen molar-refractivity contribution >= 4 is 0 Å². The average molecular weight is 281 g/mol. The number of methoxy groups -OCH3 is 2. The monoisotopic (exact) mass is 281 g/mol. The molecular weight excluding hydrogens is 258 g/mol. The molecule has 0 amide bonds. The van der Waals surface area contributed by atoms with Crippen LogP contribution in [0.1, 0.15) is 12.6 Å². The number of aromatic nitrogens is 1. The molecule has 6 heteroatoms. The smallest absolute Gasteiger partial charge is 0.183 e. The number of nitrogens with two attached hydrogens (primary N) is 1. The Bertz CT molecular complexity index is 440. The van der Waals surface area contributed by atoms with Gasteiger partial charge in [-0.3, -0.25) is 9.88 Å². The SMILES string of the molecule is COc1ccnc(CN2CCOC(C(C)N)C2)c1OC. The molecular formula is C14H23N3O3. The summed E-state index contributed by atoms with van der Waals surface area (Å²) in [5.74, 6) is 1.40. The Kier molecular flexibility index (Phi) is 5.17. The van der Waals surface area contributed by atoms with Crippen molar-refractivity contribution in [1.82, 2.24) is 9.88 Å². The summed E-state index contributed by atoms with van der Waals surface area (Å²) < 4.78 is 16.4. The Morgan fingerprint density at radius 3 is 2.95 bits per heavy atom. The lowest BCUT2D eigenvalue weighted by molar-refractivity contribution is -0.0408. The van der Waals surface area contributed by atoms with Crippen molar-refractivity contribution in [3.8, 4) is 11.5 Å². The Hall–Kier alpha value is -1.37. The second kappa shape index (κ2) is 6.88. The molecule has 6 nitrogen and oxygen atoms in total. The molecule has 2 unspecified atom stereocenters. The van der Waals surface area contributed by atoms with Crippen LogP contribution in [0.5, 0.6) is 11.5 Å². The molecule has 0 radical (unpaired) electrons. The number of pyridine rings is 1. The normalized spacial score (nSPS) is 21.5. The second-order valence-corrected chi connectivity index (χ2v) is 5.00. The quantitative estimate of drug-likeness (QED) is 0.854. The number of nitrogens with zero attached hydrogens (tertiary/aromatic N) is 2. The van der Waals surface area contributed by atoms with E-state index in [-0.39, 0.29) is 12.1 Å². The van der Waals surface area contributed by atoms with Gasteiger partial charge in [-0.15, -0.1) is 0 Å². The van der Waals surface area contributed by atoms with E-state index in [1.54, 1.807) is 26.5 Å². The van der Waals surface area contributed by atoms with Crippen LogP contribution in [0.15, 0.2) is 12.3 Å². The molecule has 20 heavy (non-hydrogen) atoms. The minimum Gasteiger partial charge on any atom is -0.493 e. The summed E-state index contributed by atoms with van der Waals surface area (Å²) in [6.07, 6.45) is 1.81. The van der Waals surface area contributed by atoms with E-state index in [0.717, 1.165) is 18.8 Å². The maximum absolute atomic E-state index is 5.91. The zero-order valence-electron chi connectivity index (χ0n) is 12.3. The maximum Gasteiger partial charge on any atom is 0.183 e. The van der Waals surface area contributed by atoms with E-state index in [1.165, 1.54) is 0 Å². The molecule has 0 aliphatic carbocycles. The van der Waals surface area contributed by atoms with E-state index in [1.807, 2.05) is 6.92 Å². The molecule has 0 spiro atoms. The van der Waals surface area contributed by atoms with Gasteiger partial charge in [-0.25, -0.2) is 0 Å². The number of morpholine rings is 1. The molecule has 1 fully saturated rings. The van der Waals surface area contributed by atoms with Crippen LogP contribution in [0.25, 0.3) is 0 Å². The average Bonchev–Trinajstić information content (AvgIpc) is 2.47. The molecule has 2 rings (SSSR count). The summed E-state index contributed by atoms with van der Waals surface area (Å²) in [6.45, 7) is 5.04. The number of rotatable bonds is 5. The van der Waals surface area contributed by atoms with Crippen LogP contribution in [0.2, 0.25) is 0 Å². The summed E-state index contributed by atoms with van der Waals surface area (Å²) in [7, 11) is 3.26. The van der Waals surface area contributed by atoms with Crippen LogP contribution in [-0.2, 0) is 11.3 Å². The van der Waals surface area contributed by atoms with Crippen LogP contribution < -0.4 is 15.2 Å². The van der Waals surface area contributed by atoms with E-state index in [2.05, 4.69) is 9.88 Å². The van der Waals surface area contributed by atoms with Gasteiger partial charge in [-0.05, 0) is 6.92 Å². The van der Waals surface area contributed by atoms with Crippen molar-refractivity contribution in [3.63, 3.8) is 0 Å². The minimum absolute atomic E-state index is 0.0259. The first kappa shape index (κ1) is 15.0. The molecule has 1 aliphatic rings. The van der Waals surface area contributed by atoms with Crippen molar-refractivity contribution in [1.29, 1.82) is 0 Å². The molecule has 2 N–H and O–H groups in total. The van der Waals surface area contributed by atoms with Gasteiger partial charge < -0.3 is 19.9 Å². The molecule has 1 aromatic rings. The third-order valence-electron chi connectivity index (χ3n) is 3.50.